The molecule has 2 N–H and O–H groups in total. The van der Waals surface area contributed by atoms with Crippen molar-refractivity contribution < 1.29 is 18.8 Å². The normalized spacial score (nSPS) is 19.5. The summed E-state index contributed by atoms with van der Waals surface area (Å²) in [4.78, 5) is 34.4. The first-order valence-corrected chi connectivity index (χ1v) is 5.82. The van der Waals surface area contributed by atoms with Crippen LogP contribution >= 0.6 is 0 Å². The molecule has 1 atom stereocenters. The fourth-order valence-electron chi connectivity index (χ4n) is 1.88. The highest BCUT2D eigenvalue weighted by Gasteiger charge is 2.28. The van der Waals surface area contributed by atoms with E-state index in [0.29, 0.717) is 24.2 Å². The second-order valence-electron chi connectivity index (χ2n) is 4.09. The van der Waals surface area contributed by atoms with Gasteiger partial charge in [-0.15, -0.1) is 0 Å². The number of carbonyl (C=O) groups is 3. The largest absolute Gasteiger partial charge is 0.469 e. The minimum Gasteiger partial charge on any atom is -0.469 e. The SMILES string of the molecule is CCc1occc1C(=O)NC1CCC(=O)NC1=O. The molecule has 1 fully saturated rings. The number of aryl methyl sites for hydroxylation is 1. The number of imide groups is 1. The second kappa shape index (κ2) is 5.03. The van der Waals surface area contributed by atoms with E-state index in [4.69, 9.17) is 4.42 Å². The Hall–Kier alpha value is -2.11. The topological polar surface area (TPSA) is 88.4 Å². The average molecular weight is 250 g/mol. The summed E-state index contributed by atoms with van der Waals surface area (Å²) in [6, 6.07) is 0.912. The summed E-state index contributed by atoms with van der Waals surface area (Å²) in [6.07, 6.45) is 2.61. The zero-order valence-electron chi connectivity index (χ0n) is 9.99. The highest BCUT2D eigenvalue weighted by atomic mass is 16.3. The first-order chi connectivity index (χ1) is 8.61. The van der Waals surface area contributed by atoms with Crippen LogP contribution in [0, 0.1) is 0 Å². The second-order valence-corrected chi connectivity index (χ2v) is 4.09. The quantitative estimate of drug-likeness (QED) is 0.759. The number of carbonyl (C=O) groups excluding carboxylic acids is 3. The van der Waals surface area contributed by atoms with E-state index in [2.05, 4.69) is 10.6 Å². The molecule has 6 nitrogen and oxygen atoms in total. The lowest BCUT2D eigenvalue weighted by Gasteiger charge is -2.21. The molecule has 0 aromatic carbocycles. The Kier molecular flexibility index (Phi) is 3.45. The van der Waals surface area contributed by atoms with Crippen LogP contribution in [0.1, 0.15) is 35.9 Å². The Labute approximate surface area is 104 Å². The Morgan fingerprint density at radius 2 is 2.33 bits per heavy atom. The van der Waals surface area contributed by atoms with Crippen LogP contribution in [0.25, 0.3) is 0 Å². The molecule has 1 aliphatic rings. The lowest BCUT2D eigenvalue weighted by Crippen LogP contribution is -2.52. The monoisotopic (exact) mass is 250 g/mol. The smallest absolute Gasteiger partial charge is 0.255 e. The van der Waals surface area contributed by atoms with E-state index < -0.39 is 11.9 Å². The fraction of sp³-hybridized carbons (Fsp3) is 0.417. The molecule has 3 amide bonds. The van der Waals surface area contributed by atoms with E-state index in [9.17, 15) is 14.4 Å². The van der Waals surface area contributed by atoms with E-state index in [1.165, 1.54) is 6.26 Å². The van der Waals surface area contributed by atoms with Crippen LogP contribution < -0.4 is 10.6 Å². The van der Waals surface area contributed by atoms with Gasteiger partial charge in [0.05, 0.1) is 11.8 Å². The van der Waals surface area contributed by atoms with Gasteiger partial charge in [0, 0.05) is 12.8 Å². The molecule has 1 aliphatic heterocycles. The molecule has 2 heterocycles. The van der Waals surface area contributed by atoms with Crippen LogP contribution in [-0.2, 0) is 16.0 Å². The summed E-state index contributed by atoms with van der Waals surface area (Å²) >= 11 is 0. The molecule has 1 saturated heterocycles. The standard InChI is InChI=1S/C12H14N2O4/c1-2-9-7(5-6-18-9)11(16)13-8-3-4-10(15)14-12(8)17/h5-6,8H,2-4H2,1H3,(H,13,16)(H,14,15,17). The third-order valence-electron chi connectivity index (χ3n) is 2.86. The number of hydrogen-bond acceptors (Lipinski definition) is 4. The van der Waals surface area contributed by atoms with E-state index >= 15 is 0 Å². The molecule has 0 radical (unpaired) electrons. The van der Waals surface area contributed by atoms with Gasteiger partial charge in [-0.3, -0.25) is 19.7 Å². The highest BCUT2D eigenvalue weighted by molar-refractivity contribution is 6.04. The molecule has 0 bridgehead atoms. The lowest BCUT2D eigenvalue weighted by molar-refractivity contribution is -0.134. The Morgan fingerprint density at radius 3 is 3.00 bits per heavy atom. The predicted molar refractivity (Wildman–Crippen MR) is 61.7 cm³/mol. The van der Waals surface area contributed by atoms with Crippen molar-refractivity contribution in [1.29, 1.82) is 0 Å². The zero-order valence-corrected chi connectivity index (χ0v) is 9.99. The first kappa shape index (κ1) is 12.3. The summed E-state index contributed by atoms with van der Waals surface area (Å²) in [5.41, 5.74) is 0.433. The molecule has 1 unspecified atom stereocenters. The molecule has 6 heteroatoms. The van der Waals surface area contributed by atoms with Crippen molar-refractivity contribution in [1.82, 2.24) is 10.6 Å². The van der Waals surface area contributed by atoms with Gasteiger partial charge in [-0.1, -0.05) is 6.92 Å². The van der Waals surface area contributed by atoms with E-state index in [0.717, 1.165) is 0 Å². The molecule has 1 aromatic rings. The van der Waals surface area contributed by atoms with Gasteiger partial charge in [0.1, 0.15) is 11.8 Å². The third-order valence-corrected chi connectivity index (χ3v) is 2.86. The van der Waals surface area contributed by atoms with Gasteiger partial charge in [0.25, 0.3) is 5.91 Å². The van der Waals surface area contributed by atoms with Gasteiger partial charge >= 0.3 is 0 Å². The predicted octanol–water partition coefficient (Wildman–Crippen LogP) is 0.377. The van der Waals surface area contributed by atoms with Gasteiger partial charge in [-0.25, -0.2) is 0 Å². The number of nitrogens with one attached hydrogen (secondary N) is 2. The Balaban J connectivity index is 2.03. The number of amides is 3. The maximum absolute atomic E-state index is 11.9. The van der Waals surface area contributed by atoms with Crippen molar-refractivity contribution in [2.24, 2.45) is 0 Å². The summed E-state index contributed by atoms with van der Waals surface area (Å²) in [7, 11) is 0. The molecule has 0 saturated carbocycles. The minimum absolute atomic E-state index is 0.239. The molecule has 0 spiro atoms. The van der Waals surface area contributed by atoms with Gasteiger partial charge in [0.15, 0.2) is 0 Å². The molecule has 18 heavy (non-hydrogen) atoms. The van der Waals surface area contributed by atoms with Crippen molar-refractivity contribution in [2.75, 3.05) is 0 Å². The Morgan fingerprint density at radius 1 is 1.56 bits per heavy atom. The van der Waals surface area contributed by atoms with Crippen LogP contribution in [0.2, 0.25) is 0 Å². The maximum atomic E-state index is 11.9. The van der Waals surface area contributed by atoms with Crippen LogP contribution in [-0.4, -0.2) is 23.8 Å². The van der Waals surface area contributed by atoms with Gasteiger partial charge in [0.2, 0.25) is 11.8 Å². The van der Waals surface area contributed by atoms with Crippen LogP contribution in [0.15, 0.2) is 16.7 Å². The van der Waals surface area contributed by atoms with Crippen LogP contribution in [0.5, 0.6) is 0 Å². The molecule has 96 valence electrons. The number of hydrogen-bond donors (Lipinski definition) is 2. The fourth-order valence-corrected chi connectivity index (χ4v) is 1.88. The number of rotatable bonds is 3. The maximum Gasteiger partial charge on any atom is 0.255 e. The van der Waals surface area contributed by atoms with Crippen molar-refractivity contribution in [3.63, 3.8) is 0 Å². The van der Waals surface area contributed by atoms with E-state index in [-0.39, 0.29) is 18.2 Å². The summed E-state index contributed by atoms with van der Waals surface area (Å²) in [5, 5.41) is 4.80. The molecular weight excluding hydrogens is 236 g/mol. The van der Waals surface area contributed by atoms with E-state index in [1.54, 1.807) is 6.07 Å². The minimum atomic E-state index is -0.658. The Bertz CT molecular complexity index is 492. The van der Waals surface area contributed by atoms with Gasteiger partial charge in [-0.2, -0.15) is 0 Å². The zero-order chi connectivity index (χ0) is 13.1. The van der Waals surface area contributed by atoms with Crippen LogP contribution in [0.4, 0.5) is 0 Å². The van der Waals surface area contributed by atoms with Crippen molar-refractivity contribution in [2.45, 2.75) is 32.2 Å². The molecule has 1 aromatic heterocycles. The van der Waals surface area contributed by atoms with E-state index in [1.807, 2.05) is 6.92 Å². The molecular formula is C12H14N2O4. The summed E-state index contributed by atoms with van der Waals surface area (Å²) < 4.78 is 5.15. The van der Waals surface area contributed by atoms with Gasteiger partial charge < -0.3 is 9.73 Å². The average Bonchev–Trinajstić information content (AvgIpc) is 2.81. The summed E-state index contributed by atoms with van der Waals surface area (Å²) in [5.74, 6) is -0.529. The highest BCUT2D eigenvalue weighted by Crippen LogP contribution is 2.12. The summed E-state index contributed by atoms with van der Waals surface area (Å²) in [6.45, 7) is 1.88. The first-order valence-electron chi connectivity index (χ1n) is 5.82. The number of piperidine rings is 1. The number of furan rings is 1. The van der Waals surface area contributed by atoms with Gasteiger partial charge in [-0.05, 0) is 12.5 Å². The lowest BCUT2D eigenvalue weighted by atomic mass is 10.1. The van der Waals surface area contributed by atoms with Crippen molar-refractivity contribution >= 4 is 17.7 Å². The molecule has 2 rings (SSSR count). The van der Waals surface area contributed by atoms with Crippen LogP contribution in [0.3, 0.4) is 0 Å². The van der Waals surface area contributed by atoms with Crippen molar-refractivity contribution in [3.8, 4) is 0 Å². The van der Waals surface area contributed by atoms with Crippen molar-refractivity contribution in [3.05, 3.63) is 23.7 Å². The third kappa shape index (κ3) is 2.42. The molecule has 0 aliphatic carbocycles.